The first-order valence-corrected chi connectivity index (χ1v) is 7.10. The van der Waals surface area contributed by atoms with Crippen LogP contribution in [0.15, 0.2) is 42.5 Å². The van der Waals surface area contributed by atoms with Crippen LogP contribution in [0.1, 0.15) is 5.56 Å². The van der Waals surface area contributed by atoms with Gasteiger partial charge < -0.3 is 15.6 Å². The fourth-order valence-corrected chi connectivity index (χ4v) is 2.86. The molecule has 0 radical (unpaired) electrons. The van der Waals surface area contributed by atoms with E-state index in [1.54, 1.807) is 0 Å². The number of benzene rings is 2. The molecule has 0 atom stereocenters. The number of hydrogen-bond acceptors (Lipinski definition) is 5. The monoisotopic (exact) mass is 286 g/mol. The van der Waals surface area contributed by atoms with E-state index in [4.69, 9.17) is 15.6 Å². The third-order valence-electron chi connectivity index (χ3n) is 2.94. The van der Waals surface area contributed by atoms with Crippen molar-refractivity contribution in [3.05, 3.63) is 48.0 Å². The Kier molecular flexibility index (Phi) is 3.54. The highest BCUT2D eigenvalue weighted by Gasteiger charge is 2.09. The second-order valence-corrected chi connectivity index (χ2v) is 5.38. The van der Waals surface area contributed by atoms with Gasteiger partial charge in [-0.25, -0.2) is 4.98 Å². The zero-order valence-corrected chi connectivity index (χ0v) is 11.6. The lowest BCUT2D eigenvalue weighted by Gasteiger charge is -2.07. The SMILES string of the molecule is Nc1ccc2nc(Oc3ccccc3CCO)sc2c1. The van der Waals surface area contributed by atoms with Crippen LogP contribution in [0, 0.1) is 0 Å². The highest BCUT2D eigenvalue weighted by atomic mass is 32.1. The molecule has 4 nitrogen and oxygen atoms in total. The molecule has 1 aromatic heterocycles. The van der Waals surface area contributed by atoms with Crippen molar-refractivity contribution in [1.29, 1.82) is 0 Å². The summed E-state index contributed by atoms with van der Waals surface area (Å²) >= 11 is 1.46. The van der Waals surface area contributed by atoms with Crippen LogP contribution >= 0.6 is 11.3 Å². The van der Waals surface area contributed by atoms with Crippen LogP contribution in [0.3, 0.4) is 0 Å². The molecule has 0 aliphatic carbocycles. The lowest BCUT2D eigenvalue weighted by Crippen LogP contribution is -1.94. The molecule has 0 aliphatic heterocycles. The summed E-state index contributed by atoms with van der Waals surface area (Å²) in [4.78, 5) is 4.43. The Morgan fingerprint density at radius 3 is 2.90 bits per heavy atom. The van der Waals surface area contributed by atoms with Crippen molar-refractivity contribution in [2.24, 2.45) is 0 Å². The number of para-hydroxylation sites is 1. The number of aliphatic hydroxyl groups is 1. The first kappa shape index (κ1) is 12.9. The molecule has 3 aromatic rings. The normalized spacial score (nSPS) is 10.8. The Labute approximate surface area is 120 Å². The lowest BCUT2D eigenvalue weighted by atomic mass is 10.1. The Bertz CT molecular complexity index is 740. The molecule has 0 amide bonds. The average molecular weight is 286 g/mol. The fourth-order valence-electron chi connectivity index (χ4n) is 1.99. The van der Waals surface area contributed by atoms with E-state index in [-0.39, 0.29) is 6.61 Å². The third kappa shape index (κ3) is 2.59. The van der Waals surface area contributed by atoms with Crippen LogP contribution < -0.4 is 10.5 Å². The second-order valence-electron chi connectivity index (χ2n) is 4.39. The van der Waals surface area contributed by atoms with Crippen LogP contribution in [0.4, 0.5) is 5.69 Å². The molecule has 0 unspecified atom stereocenters. The Balaban J connectivity index is 1.93. The molecule has 0 fully saturated rings. The van der Waals surface area contributed by atoms with E-state index in [0.29, 0.717) is 17.3 Å². The van der Waals surface area contributed by atoms with Crippen LogP contribution in [0.2, 0.25) is 0 Å². The number of nitrogen functional groups attached to an aromatic ring is 1. The van der Waals surface area contributed by atoms with E-state index in [2.05, 4.69) is 4.98 Å². The highest BCUT2D eigenvalue weighted by molar-refractivity contribution is 7.20. The maximum Gasteiger partial charge on any atom is 0.279 e. The molecule has 5 heteroatoms. The number of nitrogens with zero attached hydrogens (tertiary/aromatic N) is 1. The predicted octanol–water partition coefficient (Wildman–Crippen LogP) is 3.21. The minimum Gasteiger partial charge on any atom is -0.431 e. The number of aromatic nitrogens is 1. The summed E-state index contributed by atoms with van der Waals surface area (Å²) in [6.07, 6.45) is 0.564. The molecule has 0 saturated heterocycles. The van der Waals surface area contributed by atoms with Gasteiger partial charge in [0.15, 0.2) is 0 Å². The van der Waals surface area contributed by atoms with Crippen molar-refractivity contribution in [3.8, 4) is 10.9 Å². The van der Waals surface area contributed by atoms with Gasteiger partial charge in [-0.1, -0.05) is 29.5 Å². The van der Waals surface area contributed by atoms with E-state index in [9.17, 15) is 0 Å². The lowest BCUT2D eigenvalue weighted by molar-refractivity contribution is 0.298. The van der Waals surface area contributed by atoms with Crippen molar-refractivity contribution >= 4 is 27.2 Å². The van der Waals surface area contributed by atoms with Crippen molar-refractivity contribution in [2.45, 2.75) is 6.42 Å². The standard InChI is InChI=1S/C15H14N2O2S/c16-11-5-6-12-14(9-11)20-15(17-12)19-13-4-2-1-3-10(13)7-8-18/h1-6,9,18H,7-8,16H2. The fraction of sp³-hybridized carbons (Fsp3) is 0.133. The topological polar surface area (TPSA) is 68.4 Å². The van der Waals surface area contributed by atoms with E-state index in [1.807, 2.05) is 42.5 Å². The first-order valence-electron chi connectivity index (χ1n) is 6.29. The van der Waals surface area contributed by atoms with Gasteiger partial charge in [0.25, 0.3) is 5.19 Å². The van der Waals surface area contributed by atoms with Crippen LogP contribution in [0.5, 0.6) is 10.9 Å². The zero-order valence-electron chi connectivity index (χ0n) is 10.7. The predicted molar refractivity (Wildman–Crippen MR) is 81.3 cm³/mol. The summed E-state index contributed by atoms with van der Waals surface area (Å²) in [5, 5.41) is 9.65. The van der Waals surface area contributed by atoms with Gasteiger partial charge in [0.2, 0.25) is 0 Å². The van der Waals surface area contributed by atoms with Gasteiger partial charge in [-0.2, -0.15) is 0 Å². The largest absolute Gasteiger partial charge is 0.431 e. The van der Waals surface area contributed by atoms with Gasteiger partial charge in [-0.05, 0) is 36.2 Å². The summed E-state index contributed by atoms with van der Waals surface area (Å²) in [6.45, 7) is 0.0940. The average Bonchev–Trinajstić information content (AvgIpc) is 2.82. The molecular formula is C15H14N2O2S. The number of nitrogens with two attached hydrogens (primary N) is 1. The molecule has 0 bridgehead atoms. The van der Waals surface area contributed by atoms with E-state index >= 15 is 0 Å². The summed E-state index contributed by atoms with van der Waals surface area (Å²) in [5.74, 6) is 0.730. The number of ether oxygens (including phenoxy) is 1. The molecule has 3 rings (SSSR count). The second kappa shape index (κ2) is 5.48. The molecule has 0 saturated carbocycles. The van der Waals surface area contributed by atoms with Gasteiger partial charge in [0.1, 0.15) is 5.75 Å². The van der Waals surface area contributed by atoms with E-state index < -0.39 is 0 Å². The van der Waals surface area contributed by atoms with E-state index in [0.717, 1.165) is 21.5 Å². The number of anilines is 1. The van der Waals surface area contributed by atoms with Gasteiger partial charge in [0.05, 0.1) is 10.2 Å². The maximum atomic E-state index is 9.07. The molecule has 102 valence electrons. The van der Waals surface area contributed by atoms with Crippen molar-refractivity contribution in [3.63, 3.8) is 0 Å². The Morgan fingerprint density at radius 2 is 2.05 bits per heavy atom. The van der Waals surface area contributed by atoms with E-state index in [1.165, 1.54) is 11.3 Å². The number of fused-ring (bicyclic) bond motifs is 1. The first-order chi connectivity index (χ1) is 9.76. The van der Waals surface area contributed by atoms with Crippen molar-refractivity contribution in [2.75, 3.05) is 12.3 Å². The Morgan fingerprint density at radius 1 is 1.20 bits per heavy atom. The van der Waals surface area contributed by atoms with Gasteiger partial charge in [0, 0.05) is 12.3 Å². The quantitative estimate of drug-likeness (QED) is 0.723. The molecule has 20 heavy (non-hydrogen) atoms. The molecular weight excluding hydrogens is 272 g/mol. The minimum absolute atomic E-state index is 0.0940. The number of aliphatic hydroxyl groups excluding tert-OH is 1. The number of thiazole rings is 1. The van der Waals surface area contributed by atoms with Gasteiger partial charge >= 0.3 is 0 Å². The molecule has 0 aliphatic rings. The van der Waals surface area contributed by atoms with Gasteiger partial charge in [-0.3, -0.25) is 0 Å². The zero-order chi connectivity index (χ0) is 13.9. The van der Waals surface area contributed by atoms with Crippen molar-refractivity contribution in [1.82, 2.24) is 4.98 Å². The summed E-state index contributed by atoms with van der Waals surface area (Å²) in [5.41, 5.74) is 8.32. The number of rotatable bonds is 4. The third-order valence-corrected chi connectivity index (χ3v) is 3.84. The molecule has 2 aromatic carbocycles. The summed E-state index contributed by atoms with van der Waals surface area (Å²) < 4.78 is 6.84. The summed E-state index contributed by atoms with van der Waals surface area (Å²) in [6, 6.07) is 13.2. The molecule has 0 spiro atoms. The van der Waals surface area contributed by atoms with Crippen LogP contribution in [-0.4, -0.2) is 16.7 Å². The highest BCUT2D eigenvalue weighted by Crippen LogP contribution is 2.33. The van der Waals surface area contributed by atoms with Gasteiger partial charge in [-0.15, -0.1) is 0 Å². The maximum absolute atomic E-state index is 9.07. The minimum atomic E-state index is 0.0940. The molecule has 1 heterocycles. The number of hydrogen-bond donors (Lipinski definition) is 2. The smallest absolute Gasteiger partial charge is 0.279 e. The summed E-state index contributed by atoms with van der Waals surface area (Å²) in [7, 11) is 0. The Hall–Kier alpha value is -2.11. The van der Waals surface area contributed by atoms with Crippen LogP contribution in [-0.2, 0) is 6.42 Å². The van der Waals surface area contributed by atoms with Crippen molar-refractivity contribution < 1.29 is 9.84 Å². The van der Waals surface area contributed by atoms with Crippen LogP contribution in [0.25, 0.3) is 10.2 Å². The molecule has 3 N–H and O–H groups in total.